The van der Waals surface area contributed by atoms with Crippen LogP contribution in [0, 0.1) is 17.3 Å². The molecule has 5 nitrogen and oxygen atoms in total. The smallest absolute Gasteiger partial charge is 0.333 e. The van der Waals surface area contributed by atoms with Crippen molar-refractivity contribution in [1.82, 2.24) is 0 Å². The molecular weight excluding hydrogens is 296 g/mol. The molecule has 4 atom stereocenters. The molecule has 4 unspecified atom stereocenters. The van der Waals surface area contributed by atoms with E-state index in [4.69, 9.17) is 9.47 Å². The van der Waals surface area contributed by atoms with E-state index in [-0.39, 0.29) is 28.6 Å². The van der Waals surface area contributed by atoms with Crippen LogP contribution in [0.1, 0.15) is 26.7 Å². The van der Waals surface area contributed by atoms with Crippen LogP contribution in [-0.4, -0.2) is 30.9 Å². The largest absolute Gasteiger partial charge is 0.466 e. The van der Waals surface area contributed by atoms with Gasteiger partial charge in [-0.25, -0.2) is 4.79 Å². The Hall–Kier alpha value is -2.17. The molecule has 0 aromatic carbocycles. The number of carbonyl (C=O) groups excluding carboxylic acids is 3. The maximum Gasteiger partial charge on any atom is 0.333 e. The van der Waals surface area contributed by atoms with E-state index in [1.807, 2.05) is 13.0 Å². The predicted molar refractivity (Wildman–Crippen MR) is 84.3 cm³/mol. The van der Waals surface area contributed by atoms with E-state index in [0.717, 1.165) is 0 Å². The predicted octanol–water partition coefficient (Wildman–Crippen LogP) is 2.37. The Morgan fingerprint density at radius 3 is 2.61 bits per heavy atom. The normalized spacial score (nSPS) is 32.9. The first-order valence-electron chi connectivity index (χ1n) is 7.56. The number of hydrogen-bond donors (Lipinski definition) is 0. The van der Waals surface area contributed by atoms with Gasteiger partial charge in [0.15, 0.2) is 5.78 Å². The number of esters is 2. The number of methoxy groups -OCH3 is 1. The monoisotopic (exact) mass is 318 g/mol. The topological polar surface area (TPSA) is 69.7 Å². The number of allylic oxidation sites excluding steroid dienone is 3. The zero-order valence-electron chi connectivity index (χ0n) is 13.8. The molecule has 124 valence electrons. The first-order valence-corrected chi connectivity index (χ1v) is 7.56. The molecule has 0 aromatic rings. The number of hydrogen-bond acceptors (Lipinski definition) is 5. The van der Waals surface area contributed by atoms with Crippen LogP contribution in [0.5, 0.6) is 0 Å². The van der Waals surface area contributed by atoms with E-state index in [1.54, 1.807) is 0 Å². The van der Waals surface area contributed by atoms with Crippen LogP contribution in [0.25, 0.3) is 0 Å². The molecule has 1 fully saturated rings. The number of ether oxygens (including phenoxy) is 2. The SMILES string of the molecule is C=C(C(=O)OC)C1CC2C(=C)C(=O)C=CC2(C)CC1OC(C)=O. The molecule has 0 radical (unpaired) electrons. The summed E-state index contributed by atoms with van der Waals surface area (Å²) in [6.07, 6.45) is 3.88. The third-order valence-corrected chi connectivity index (χ3v) is 4.94. The Balaban J connectivity index is 2.37. The maximum atomic E-state index is 11.9. The summed E-state index contributed by atoms with van der Waals surface area (Å²) in [4.78, 5) is 35.2. The van der Waals surface area contributed by atoms with E-state index >= 15 is 0 Å². The fourth-order valence-corrected chi connectivity index (χ4v) is 3.65. The van der Waals surface area contributed by atoms with Gasteiger partial charge in [-0.05, 0) is 35.8 Å². The number of fused-ring (bicyclic) bond motifs is 1. The van der Waals surface area contributed by atoms with E-state index < -0.39 is 18.0 Å². The first kappa shape index (κ1) is 17.2. The summed E-state index contributed by atoms with van der Waals surface area (Å²) in [5, 5.41) is 0. The summed E-state index contributed by atoms with van der Waals surface area (Å²) in [5.41, 5.74) is 0.451. The van der Waals surface area contributed by atoms with Crippen LogP contribution in [0.3, 0.4) is 0 Å². The molecule has 23 heavy (non-hydrogen) atoms. The second-order valence-corrected chi connectivity index (χ2v) is 6.49. The number of rotatable bonds is 3. The maximum absolute atomic E-state index is 11.9. The van der Waals surface area contributed by atoms with E-state index in [9.17, 15) is 14.4 Å². The second-order valence-electron chi connectivity index (χ2n) is 6.49. The van der Waals surface area contributed by atoms with Gasteiger partial charge in [-0.2, -0.15) is 0 Å². The highest BCUT2D eigenvalue weighted by Crippen LogP contribution is 2.52. The van der Waals surface area contributed by atoms with Gasteiger partial charge in [0, 0.05) is 18.4 Å². The minimum absolute atomic E-state index is 0.0964. The molecule has 0 aliphatic heterocycles. The van der Waals surface area contributed by atoms with Gasteiger partial charge in [-0.15, -0.1) is 0 Å². The van der Waals surface area contributed by atoms with Gasteiger partial charge < -0.3 is 9.47 Å². The van der Waals surface area contributed by atoms with Gasteiger partial charge in [0.1, 0.15) is 6.10 Å². The molecular formula is C18H22O5. The highest BCUT2D eigenvalue weighted by Gasteiger charge is 2.49. The minimum Gasteiger partial charge on any atom is -0.466 e. The van der Waals surface area contributed by atoms with Crippen LogP contribution in [0.4, 0.5) is 0 Å². The fourth-order valence-electron chi connectivity index (χ4n) is 3.65. The van der Waals surface area contributed by atoms with Crippen molar-refractivity contribution in [3.05, 3.63) is 36.5 Å². The molecule has 0 aromatic heterocycles. The Morgan fingerprint density at radius 1 is 1.39 bits per heavy atom. The lowest BCUT2D eigenvalue weighted by atomic mass is 9.57. The molecule has 0 heterocycles. The average Bonchev–Trinajstić information content (AvgIpc) is 2.49. The summed E-state index contributed by atoms with van der Waals surface area (Å²) in [6, 6.07) is 0. The molecule has 0 spiro atoms. The summed E-state index contributed by atoms with van der Waals surface area (Å²) in [7, 11) is 1.28. The van der Waals surface area contributed by atoms with Crippen LogP contribution in [0.15, 0.2) is 36.5 Å². The minimum atomic E-state index is -0.529. The van der Waals surface area contributed by atoms with Gasteiger partial charge in [-0.3, -0.25) is 9.59 Å². The molecule has 1 saturated carbocycles. The first-order chi connectivity index (χ1) is 10.7. The highest BCUT2D eigenvalue weighted by atomic mass is 16.5. The molecule has 5 heteroatoms. The fraction of sp³-hybridized carbons (Fsp3) is 0.500. The van der Waals surface area contributed by atoms with Gasteiger partial charge in [0.25, 0.3) is 0 Å². The summed E-state index contributed by atoms with van der Waals surface area (Å²) < 4.78 is 10.2. The second kappa shape index (κ2) is 6.14. The van der Waals surface area contributed by atoms with Crippen molar-refractivity contribution >= 4 is 17.7 Å². The average molecular weight is 318 g/mol. The number of carbonyl (C=O) groups is 3. The van der Waals surface area contributed by atoms with Gasteiger partial charge >= 0.3 is 11.9 Å². The Kier molecular flexibility index (Phi) is 4.59. The summed E-state index contributed by atoms with van der Waals surface area (Å²) in [6.45, 7) is 11.1. The third kappa shape index (κ3) is 3.14. The van der Waals surface area contributed by atoms with Crippen molar-refractivity contribution in [1.29, 1.82) is 0 Å². The Morgan fingerprint density at radius 2 is 2.04 bits per heavy atom. The van der Waals surface area contributed by atoms with Crippen molar-refractivity contribution in [3.63, 3.8) is 0 Å². The van der Waals surface area contributed by atoms with E-state index in [2.05, 4.69) is 13.2 Å². The standard InChI is InChI=1S/C18H22O5/c1-10(17(21)22-5)13-8-14-11(2)15(20)6-7-18(14,4)9-16(13)23-12(3)19/h6-7,13-14,16H,1-2,8-9H2,3-5H3. The van der Waals surface area contributed by atoms with Crippen LogP contribution in [-0.2, 0) is 23.9 Å². The van der Waals surface area contributed by atoms with E-state index in [1.165, 1.54) is 20.1 Å². The molecule has 0 amide bonds. The lowest BCUT2D eigenvalue weighted by molar-refractivity contribution is -0.155. The lowest BCUT2D eigenvalue weighted by Crippen LogP contribution is -2.47. The summed E-state index contributed by atoms with van der Waals surface area (Å²) >= 11 is 0. The third-order valence-electron chi connectivity index (χ3n) is 4.94. The lowest BCUT2D eigenvalue weighted by Gasteiger charge is -2.48. The van der Waals surface area contributed by atoms with Crippen molar-refractivity contribution < 1.29 is 23.9 Å². The van der Waals surface area contributed by atoms with Gasteiger partial charge in [0.2, 0.25) is 0 Å². The van der Waals surface area contributed by atoms with Gasteiger partial charge in [0.05, 0.1) is 7.11 Å². The Bertz CT molecular complexity index is 615. The molecule has 0 bridgehead atoms. The molecule has 2 aliphatic carbocycles. The Labute approximate surface area is 136 Å². The van der Waals surface area contributed by atoms with Crippen molar-refractivity contribution in [3.8, 4) is 0 Å². The molecule has 0 saturated heterocycles. The highest BCUT2D eigenvalue weighted by molar-refractivity contribution is 6.05. The van der Waals surface area contributed by atoms with Crippen molar-refractivity contribution in [2.24, 2.45) is 17.3 Å². The van der Waals surface area contributed by atoms with Crippen LogP contribution >= 0.6 is 0 Å². The summed E-state index contributed by atoms with van der Waals surface area (Å²) in [5.74, 6) is -1.53. The van der Waals surface area contributed by atoms with Gasteiger partial charge in [-0.1, -0.05) is 26.2 Å². The van der Waals surface area contributed by atoms with Crippen LogP contribution < -0.4 is 0 Å². The van der Waals surface area contributed by atoms with Crippen molar-refractivity contribution in [2.45, 2.75) is 32.8 Å². The van der Waals surface area contributed by atoms with Crippen LogP contribution in [0.2, 0.25) is 0 Å². The quantitative estimate of drug-likeness (QED) is 0.590. The zero-order chi connectivity index (χ0) is 17.4. The van der Waals surface area contributed by atoms with Crippen molar-refractivity contribution in [2.75, 3.05) is 7.11 Å². The molecule has 0 N–H and O–H groups in total. The zero-order valence-corrected chi connectivity index (χ0v) is 13.8. The molecule has 2 rings (SSSR count). The molecule has 2 aliphatic rings. The van der Waals surface area contributed by atoms with E-state index in [0.29, 0.717) is 18.4 Å². The number of ketones is 1.